The van der Waals surface area contributed by atoms with E-state index >= 15 is 0 Å². The molecule has 0 aliphatic heterocycles. The Hall–Kier alpha value is -0.610. The lowest BCUT2D eigenvalue weighted by Gasteiger charge is -2.26. The number of rotatable bonds is 5. The Morgan fingerprint density at radius 2 is 1.80 bits per heavy atom. The lowest BCUT2D eigenvalue weighted by Crippen LogP contribution is -2.35. The molecule has 0 spiro atoms. The van der Waals surface area contributed by atoms with Crippen molar-refractivity contribution in [2.24, 2.45) is 5.41 Å². The molecule has 0 rings (SSSR count). The second kappa shape index (κ2) is 5.47. The Balaban J connectivity index is 4.36. The SMILES string of the molecule is CC(O)C(C)OC(CC(C)(C)C)C(=O)O. The van der Waals surface area contributed by atoms with Crippen molar-refractivity contribution in [3.05, 3.63) is 0 Å². The van der Waals surface area contributed by atoms with E-state index in [-0.39, 0.29) is 5.41 Å². The Bertz CT molecular complexity index is 205. The van der Waals surface area contributed by atoms with Gasteiger partial charge in [0.15, 0.2) is 6.10 Å². The second-order valence-electron chi connectivity index (χ2n) is 5.17. The van der Waals surface area contributed by atoms with Crippen molar-refractivity contribution >= 4 is 5.97 Å². The molecule has 3 atom stereocenters. The van der Waals surface area contributed by atoms with Crippen LogP contribution in [0.1, 0.15) is 41.0 Å². The van der Waals surface area contributed by atoms with Crippen LogP contribution < -0.4 is 0 Å². The number of ether oxygens (including phenoxy) is 1. The predicted molar refractivity (Wildman–Crippen MR) is 57.7 cm³/mol. The van der Waals surface area contributed by atoms with E-state index < -0.39 is 24.3 Å². The van der Waals surface area contributed by atoms with Gasteiger partial charge in [-0.25, -0.2) is 4.79 Å². The number of hydrogen-bond donors (Lipinski definition) is 2. The zero-order valence-electron chi connectivity index (χ0n) is 10.2. The summed E-state index contributed by atoms with van der Waals surface area (Å²) in [5, 5.41) is 18.2. The van der Waals surface area contributed by atoms with Crippen LogP contribution >= 0.6 is 0 Å². The summed E-state index contributed by atoms with van der Waals surface area (Å²) in [4.78, 5) is 10.9. The van der Waals surface area contributed by atoms with Crippen molar-refractivity contribution in [3.63, 3.8) is 0 Å². The number of aliphatic carboxylic acids is 1. The maximum absolute atomic E-state index is 10.9. The molecule has 0 aliphatic rings. The van der Waals surface area contributed by atoms with Gasteiger partial charge in [0, 0.05) is 0 Å². The topological polar surface area (TPSA) is 66.8 Å². The third-order valence-corrected chi connectivity index (χ3v) is 2.13. The molecule has 0 amide bonds. The lowest BCUT2D eigenvalue weighted by atomic mass is 9.89. The summed E-state index contributed by atoms with van der Waals surface area (Å²) < 4.78 is 5.30. The average molecular weight is 218 g/mol. The predicted octanol–water partition coefficient (Wildman–Crippen LogP) is 1.66. The largest absolute Gasteiger partial charge is 0.479 e. The van der Waals surface area contributed by atoms with Gasteiger partial charge in [0.2, 0.25) is 0 Å². The molecule has 0 aliphatic carbocycles. The first-order valence-corrected chi connectivity index (χ1v) is 5.20. The molecule has 2 N–H and O–H groups in total. The number of hydrogen-bond acceptors (Lipinski definition) is 3. The highest BCUT2D eigenvalue weighted by Crippen LogP contribution is 2.23. The first-order valence-electron chi connectivity index (χ1n) is 5.20. The summed E-state index contributed by atoms with van der Waals surface area (Å²) in [6, 6.07) is 0. The molecular weight excluding hydrogens is 196 g/mol. The quantitative estimate of drug-likeness (QED) is 0.736. The Labute approximate surface area is 91.3 Å². The van der Waals surface area contributed by atoms with Gasteiger partial charge in [-0.15, -0.1) is 0 Å². The van der Waals surface area contributed by atoms with Gasteiger partial charge in [-0.1, -0.05) is 20.8 Å². The standard InChI is InChI=1S/C11H22O4/c1-7(12)8(2)15-9(10(13)14)6-11(3,4)5/h7-9,12H,6H2,1-5H3,(H,13,14). The molecule has 0 aromatic heterocycles. The Morgan fingerprint density at radius 3 is 2.07 bits per heavy atom. The summed E-state index contributed by atoms with van der Waals surface area (Å²) >= 11 is 0. The molecular formula is C11H22O4. The van der Waals surface area contributed by atoms with Crippen molar-refractivity contribution in [2.75, 3.05) is 0 Å². The number of carboxylic acid groups (broad SMARTS) is 1. The van der Waals surface area contributed by atoms with E-state index in [1.807, 2.05) is 20.8 Å². The molecule has 15 heavy (non-hydrogen) atoms. The zero-order valence-corrected chi connectivity index (χ0v) is 10.2. The van der Waals surface area contributed by atoms with E-state index in [9.17, 15) is 9.90 Å². The molecule has 0 heterocycles. The summed E-state index contributed by atoms with van der Waals surface area (Å²) in [6.45, 7) is 9.13. The second-order valence-corrected chi connectivity index (χ2v) is 5.17. The van der Waals surface area contributed by atoms with Crippen molar-refractivity contribution in [1.82, 2.24) is 0 Å². The van der Waals surface area contributed by atoms with Crippen LogP contribution in [0.4, 0.5) is 0 Å². The van der Waals surface area contributed by atoms with Crippen molar-refractivity contribution < 1.29 is 19.7 Å². The summed E-state index contributed by atoms with van der Waals surface area (Å²) in [6.07, 6.45) is -1.55. The van der Waals surface area contributed by atoms with Crippen LogP contribution in [0.15, 0.2) is 0 Å². The van der Waals surface area contributed by atoms with E-state index in [2.05, 4.69) is 0 Å². The molecule has 0 saturated carbocycles. The summed E-state index contributed by atoms with van der Waals surface area (Å²) in [5.74, 6) is -0.975. The van der Waals surface area contributed by atoms with E-state index in [1.165, 1.54) is 0 Å². The highest BCUT2D eigenvalue weighted by atomic mass is 16.5. The van der Waals surface area contributed by atoms with Gasteiger partial charge in [-0.2, -0.15) is 0 Å². The molecule has 0 fully saturated rings. The number of aliphatic hydroxyl groups excluding tert-OH is 1. The maximum atomic E-state index is 10.9. The fourth-order valence-electron chi connectivity index (χ4n) is 1.12. The molecule has 4 heteroatoms. The van der Waals surface area contributed by atoms with Crippen molar-refractivity contribution in [3.8, 4) is 0 Å². The molecule has 3 unspecified atom stereocenters. The van der Waals surface area contributed by atoms with Gasteiger partial charge < -0.3 is 14.9 Å². The van der Waals surface area contributed by atoms with Crippen molar-refractivity contribution in [1.29, 1.82) is 0 Å². The van der Waals surface area contributed by atoms with Gasteiger partial charge in [-0.3, -0.25) is 0 Å². The molecule has 4 nitrogen and oxygen atoms in total. The monoisotopic (exact) mass is 218 g/mol. The summed E-state index contributed by atoms with van der Waals surface area (Å²) in [7, 11) is 0. The smallest absolute Gasteiger partial charge is 0.332 e. The fraction of sp³-hybridized carbons (Fsp3) is 0.909. The Morgan fingerprint density at radius 1 is 1.33 bits per heavy atom. The minimum Gasteiger partial charge on any atom is -0.479 e. The molecule has 0 saturated heterocycles. The van der Waals surface area contributed by atoms with E-state index in [0.717, 1.165) is 0 Å². The first kappa shape index (κ1) is 14.4. The molecule has 0 radical (unpaired) electrons. The number of aliphatic hydroxyl groups is 1. The maximum Gasteiger partial charge on any atom is 0.332 e. The molecule has 90 valence electrons. The summed E-state index contributed by atoms with van der Waals surface area (Å²) in [5.41, 5.74) is -0.110. The minimum absolute atomic E-state index is 0.110. The normalized spacial score (nSPS) is 18.3. The van der Waals surface area contributed by atoms with Gasteiger partial charge in [0.25, 0.3) is 0 Å². The molecule has 0 bridgehead atoms. The molecule has 0 aromatic carbocycles. The average Bonchev–Trinajstić information content (AvgIpc) is 1.99. The fourth-order valence-corrected chi connectivity index (χ4v) is 1.12. The van der Waals surface area contributed by atoms with E-state index in [1.54, 1.807) is 13.8 Å². The van der Waals surface area contributed by atoms with Gasteiger partial charge in [0.1, 0.15) is 0 Å². The number of carboxylic acids is 1. The zero-order chi connectivity index (χ0) is 12.2. The van der Waals surface area contributed by atoms with Gasteiger partial charge in [0.05, 0.1) is 12.2 Å². The minimum atomic E-state index is -0.975. The van der Waals surface area contributed by atoms with Crippen LogP contribution in [0.5, 0.6) is 0 Å². The van der Waals surface area contributed by atoms with Crippen LogP contribution in [0.2, 0.25) is 0 Å². The van der Waals surface area contributed by atoms with Crippen LogP contribution in [0.3, 0.4) is 0 Å². The van der Waals surface area contributed by atoms with Gasteiger partial charge >= 0.3 is 5.97 Å². The Kier molecular flexibility index (Phi) is 5.24. The van der Waals surface area contributed by atoms with Gasteiger partial charge in [-0.05, 0) is 25.7 Å². The van der Waals surface area contributed by atoms with Crippen LogP contribution in [0, 0.1) is 5.41 Å². The van der Waals surface area contributed by atoms with E-state index in [4.69, 9.17) is 9.84 Å². The van der Waals surface area contributed by atoms with Crippen LogP contribution in [0.25, 0.3) is 0 Å². The highest BCUT2D eigenvalue weighted by Gasteiger charge is 2.27. The van der Waals surface area contributed by atoms with Crippen LogP contribution in [-0.4, -0.2) is 34.5 Å². The number of carbonyl (C=O) groups is 1. The van der Waals surface area contributed by atoms with Crippen LogP contribution in [-0.2, 0) is 9.53 Å². The molecule has 0 aromatic rings. The highest BCUT2D eigenvalue weighted by molar-refractivity contribution is 5.72. The van der Waals surface area contributed by atoms with Crippen molar-refractivity contribution in [2.45, 2.75) is 59.4 Å². The third kappa shape index (κ3) is 6.47. The first-order chi connectivity index (χ1) is 6.63. The lowest BCUT2D eigenvalue weighted by molar-refractivity contribution is -0.160. The van der Waals surface area contributed by atoms with E-state index in [0.29, 0.717) is 6.42 Å². The third-order valence-electron chi connectivity index (χ3n) is 2.13.